The van der Waals surface area contributed by atoms with Crippen molar-refractivity contribution in [1.29, 1.82) is 0 Å². The minimum absolute atomic E-state index is 0.0705. The molecule has 1 aromatic carbocycles. The Balaban J connectivity index is 1.30. The molecule has 258 valence electrons. The van der Waals surface area contributed by atoms with E-state index in [0.29, 0.717) is 25.1 Å². The molecular formula is C32H41N7O9. The van der Waals surface area contributed by atoms with E-state index in [1.165, 1.54) is 25.4 Å². The van der Waals surface area contributed by atoms with E-state index in [0.717, 1.165) is 19.3 Å². The molecule has 4 N–H and O–H groups in total. The second-order valence-electron chi connectivity index (χ2n) is 12.4. The van der Waals surface area contributed by atoms with Crippen molar-refractivity contribution in [3.63, 3.8) is 0 Å². The van der Waals surface area contributed by atoms with Crippen LogP contribution in [-0.4, -0.2) is 127 Å². The van der Waals surface area contributed by atoms with Crippen LogP contribution in [0.4, 0.5) is 4.79 Å². The molecule has 0 radical (unpaired) electrons. The number of aromatic nitrogens is 2. The second-order valence-corrected chi connectivity index (χ2v) is 12.4. The average molecular weight is 668 g/mol. The Kier molecular flexibility index (Phi) is 10.8. The maximum atomic E-state index is 13.5. The minimum atomic E-state index is -1.22. The lowest BCUT2D eigenvalue weighted by Gasteiger charge is -2.40. The standard InChI is InChI=1S/C32H41N7O9/c1-20-18-36(32(46)47)15-16-37(20)31(45)23(12-13-28(41)42)34-29(43)24-17-27(39(35-24)22-9-3-2-4-10-22)48-19-26(40)38-14-6-11-25(38)30(44)33-21-7-5-8-21/h2-4,9-10,17,20-21,23,25H,5-8,11-16,18-19H2,1H3,(H,33,44)(H,34,43)(H,41,42)(H,46,47). The van der Waals surface area contributed by atoms with Crippen molar-refractivity contribution in [3.05, 3.63) is 42.1 Å². The molecule has 5 amide bonds. The van der Waals surface area contributed by atoms with E-state index < -0.39 is 55.0 Å². The normalized spacial score (nSPS) is 20.1. The van der Waals surface area contributed by atoms with Crippen molar-refractivity contribution >= 4 is 35.7 Å². The molecule has 2 aliphatic heterocycles. The first-order valence-corrected chi connectivity index (χ1v) is 16.2. The Hall–Kier alpha value is -5.15. The van der Waals surface area contributed by atoms with E-state index >= 15 is 0 Å². The van der Waals surface area contributed by atoms with Gasteiger partial charge in [0, 0.05) is 50.7 Å². The average Bonchev–Trinajstić information content (AvgIpc) is 3.72. The molecule has 2 saturated heterocycles. The molecule has 3 fully saturated rings. The van der Waals surface area contributed by atoms with Crippen molar-refractivity contribution in [2.75, 3.05) is 32.8 Å². The Labute approximate surface area is 277 Å². The number of hydrogen-bond donors (Lipinski definition) is 4. The summed E-state index contributed by atoms with van der Waals surface area (Å²) in [5.74, 6) is -2.93. The quantitative estimate of drug-likeness (QED) is 0.254. The van der Waals surface area contributed by atoms with Gasteiger partial charge in [-0.15, -0.1) is 0 Å². The van der Waals surface area contributed by atoms with E-state index in [9.17, 15) is 39.0 Å². The third-order valence-electron chi connectivity index (χ3n) is 9.01. The molecule has 0 bridgehead atoms. The van der Waals surface area contributed by atoms with Crippen molar-refractivity contribution in [2.24, 2.45) is 0 Å². The van der Waals surface area contributed by atoms with Crippen LogP contribution in [0.2, 0.25) is 0 Å². The molecule has 5 rings (SSSR count). The van der Waals surface area contributed by atoms with Gasteiger partial charge in [-0.2, -0.15) is 5.10 Å². The van der Waals surface area contributed by atoms with Crippen LogP contribution >= 0.6 is 0 Å². The summed E-state index contributed by atoms with van der Waals surface area (Å²) in [6, 6.07) is 7.94. The number of ether oxygens (including phenoxy) is 1. The molecule has 3 atom stereocenters. The van der Waals surface area contributed by atoms with Crippen molar-refractivity contribution in [1.82, 2.24) is 35.1 Å². The molecule has 3 unspecified atom stereocenters. The summed E-state index contributed by atoms with van der Waals surface area (Å²) in [5.41, 5.74) is 0.388. The lowest BCUT2D eigenvalue weighted by molar-refractivity contribution is -0.140. The van der Waals surface area contributed by atoms with Gasteiger partial charge in [0.2, 0.25) is 17.7 Å². The lowest BCUT2D eigenvalue weighted by Crippen LogP contribution is -2.59. The van der Waals surface area contributed by atoms with Gasteiger partial charge in [-0.25, -0.2) is 9.48 Å². The van der Waals surface area contributed by atoms with Crippen LogP contribution < -0.4 is 15.4 Å². The molecular weight excluding hydrogens is 626 g/mol. The number of benzene rings is 1. The topological polar surface area (TPSA) is 204 Å². The Morgan fingerprint density at radius 1 is 0.979 bits per heavy atom. The largest absolute Gasteiger partial charge is 0.481 e. The Bertz CT molecular complexity index is 1530. The van der Waals surface area contributed by atoms with Crippen molar-refractivity contribution in [3.8, 4) is 11.6 Å². The van der Waals surface area contributed by atoms with Crippen LogP contribution in [0, 0.1) is 0 Å². The van der Waals surface area contributed by atoms with Crippen LogP contribution in [0.3, 0.4) is 0 Å². The molecule has 16 heteroatoms. The smallest absolute Gasteiger partial charge is 0.407 e. The summed E-state index contributed by atoms with van der Waals surface area (Å²) >= 11 is 0. The Morgan fingerprint density at radius 2 is 1.73 bits per heavy atom. The summed E-state index contributed by atoms with van der Waals surface area (Å²) in [4.78, 5) is 80.1. The van der Waals surface area contributed by atoms with Crippen molar-refractivity contribution < 1.29 is 43.7 Å². The first kappa shape index (κ1) is 34.2. The van der Waals surface area contributed by atoms with E-state index in [1.807, 2.05) is 0 Å². The number of hydrogen-bond acceptors (Lipinski definition) is 8. The van der Waals surface area contributed by atoms with Crippen LogP contribution in [0.15, 0.2) is 36.4 Å². The monoisotopic (exact) mass is 667 g/mol. The summed E-state index contributed by atoms with van der Waals surface area (Å²) in [6.07, 6.45) is 2.50. The third-order valence-corrected chi connectivity index (χ3v) is 9.01. The number of rotatable bonds is 12. The zero-order valence-electron chi connectivity index (χ0n) is 26.7. The van der Waals surface area contributed by atoms with Gasteiger partial charge in [-0.1, -0.05) is 18.2 Å². The van der Waals surface area contributed by atoms with Gasteiger partial charge >= 0.3 is 12.1 Å². The molecule has 1 aromatic heterocycles. The number of para-hydroxylation sites is 1. The summed E-state index contributed by atoms with van der Waals surface area (Å²) in [6.45, 7) is 1.93. The highest BCUT2D eigenvalue weighted by Gasteiger charge is 2.37. The molecule has 3 aliphatic rings. The van der Waals surface area contributed by atoms with Crippen LogP contribution in [0.5, 0.6) is 5.88 Å². The summed E-state index contributed by atoms with van der Waals surface area (Å²) in [5, 5.41) is 28.6. The number of amides is 5. The number of piperazine rings is 1. The number of carboxylic acid groups (broad SMARTS) is 2. The van der Waals surface area contributed by atoms with E-state index in [2.05, 4.69) is 15.7 Å². The fourth-order valence-electron chi connectivity index (χ4n) is 6.15. The number of nitrogens with one attached hydrogen (secondary N) is 2. The number of nitrogens with zero attached hydrogens (tertiary/aromatic N) is 5. The highest BCUT2D eigenvalue weighted by atomic mass is 16.5. The minimum Gasteiger partial charge on any atom is -0.481 e. The van der Waals surface area contributed by atoms with Crippen LogP contribution in [-0.2, 0) is 19.2 Å². The summed E-state index contributed by atoms with van der Waals surface area (Å²) < 4.78 is 7.24. The zero-order chi connectivity index (χ0) is 34.4. The van der Waals surface area contributed by atoms with Gasteiger partial charge in [0.25, 0.3) is 11.8 Å². The van der Waals surface area contributed by atoms with Gasteiger partial charge in [-0.05, 0) is 57.6 Å². The maximum absolute atomic E-state index is 13.5. The number of likely N-dealkylation sites (tertiary alicyclic amines) is 1. The highest BCUT2D eigenvalue weighted by Crippen LogP contribution is 2.24. The molecule has 1 saturated carbocycles. The highest BCUT2D eigenvalue weighted by molar-refractivity contribution is 5.96. The SMILES string of the molecule is CC1CN(C(=O)O)CCN1C(=O)C(CCC(=O)O)NC(=O)c1cc(OCC(=O)N2CCCC2C(=O)NC2CCC2)n(-c2ccccc2)n1. The molecule has 2 aromatic rings. The molecule has 16 nitrogen and oxygen atoms in total. The number of carbonyl (C=O) groups excluding carboxylic acids is 4. The molecule has 1 aliphatic carbocycles. The van der Waals surface area contributed by atoms with Crippen molar-refractivity contribution in [2.45, 2.75) is 76.0 Å². The number of carbonyl (C=O) groups is 6. The fraction of sp³-hybridized carbons (Fsp3) is 0.531. The fourth-order valence-corrected chi connectivity index (χ4v) is 6.15. The number of carboxylic acids is 1. The zero-order valence-corrected chi connectivity index (χ0v) is 26.7. The first-order valence-electron chi connectivity index (χ1n) is 16.2. The Morgan fingerprint density at radius 3 is 2.38 bits per heavy atom. The second kappa shape index (κ2) is 15.2. The van der Waals surface area contributed by atoms with Crippen LogP contribution in [0.25, 0.3) is 5.69 Å². The van der Waals surface area contributed by atoms with Crippen LogP contribution in [0.1, 0.15) is 62.4 Å². The molecule has 0 spiro atoms. The van der Waals surface area contributed by atoms with Gasteiger partial charge in [0.05, 0.1) is 5.69 Å². The molecule has 3 heterocycles. The maximum Gasteiger partial charge on any atom is 0.407 e. The van der Waals surface area contributed by atoms with E-state index in [1.54, 1.807) is 37.3 Å². The predicted molar refractivity (Wildman–Crippen MR) is 168 cm³/mol. The predicted octanol–water partition coefficient (Wildman–Crippen LogP) is 1.08. The first-order chi connectivity index (χ1) is 23.0. The van der Waals surface area contributed by atoms with Gasteiger partial charge < -0.3 is 40.3 Å². The van der Waals surface area contributed by atoms with E-state index in [4.69, 9.17) is 4.74 Å². The molecule has 48 heavy (non-hydrogen) atoms. The summed E-state index contributed by atoms with van der Waals surface area (Å²) in [7, 11) is 0. The van der Waals surface area contributed by atoms with E-state index in [-0.39, 0.29) is 55.5 Å². The van der Waals surface area contributed by atoms with Gasteiger partial charge in [0.1, 0.15) is 12.1 Å². The third kappa shape index (κ3) is 8.04. The van der Waals surface area contributed by atoms with Gasteiger partial charge in [-0.3, -0.25) is 24.0 Å². The van der Waals surface area contributed by atoms with Gasteiger partial charge in [0.15, 0.2) is 12.3 Å². The lowest BCUT2D eigenvalue weighted by atomic mass is 9.93. The number of aliphatic carboxylic acids is 1.